The van der Waals surface area contributed by atoms with Gasteiger partial charge in [-0.2, -0.15) is 0 Å². The Bertz CT molecular complexity index is 807. The van der Waals surface area contributed by atoms with Crippen molar-refractivity contribution in [2.45, 2.75) is 36.5 Å². The third-order valence-corrected chi connectivity index (χ3v) is 8.25. The Hall–Kier alpha value is -1.29. The van der Waals surface area contributed by atoms with Crippen molar-refractivity contribution in [1.82, 2.24) is 14.3 Å². The first kappa shape index (κ1) is 16.9. The summed E-state index contributed by atoms with van der Waals surface area (Å²) in [4.78, 5) is 11.6. The number of rotatable bonds is 3. The first-order valence-electron chi connectivity index (χ1n) is 9.34. The number of fused-ring (bicyclic) bond motifs is 2. The molecular formula is C17H24N4O4S. The summed E-state index contributed by atoms with van der Waals surface area (Å²) >= 11 is 0. The van der Waals surface area contributed by atoms with E-state index < -0.39 is 10.0 Å². The van der Waals surface area contributed by atoms with Crippen molar-refractivity contribution in [2.24, 2.45) is 0 Å². The van der Waals surface area contributed by atoms with Gasteiger partial charge >= 0.3 is 0 Å². The molecule has 26 heavy (non-hydrogen) atoms. The van der Waals surface area contributed by atoms with E-state index >= 15 is 0 Å². The monoisotopic (exact) mass is 380 g/mol. The molecule has 0 bridgehead atoms. The molecule has 0 radical (unpaired) electrons. The highest BCUT2D eigenvalue weighted by atomic mass is 32.2. The van der Waals surface area contributed by atoms with E-state index in [2.05, 4.69) is 9.88 Å². The van der Waals surface area contributed by atoms with Crippen molar-refractivity contribution in [3.63, 3.8) is 0 Å². The molecule has 0 aromatic carbocycles. The van der Waals surface area contributed by atoms with E-state index in [0.717, 1.165) is 49.6 Å². The third-order valence-electron chi connectivity index (χ3n) is 5.91. The quantitative estimate of drug-likeness (QED) is 0.745. The molecule has 0 N–H and O–H groups in total. The highest BCUT2D eigenvalue weighted by Crippen LogP contribution is 2.42. The summed E-state index contributed by atoms with van der Waals surface area (Å²) < 4.78 is 38.3. The van der Waals surface area contributed by atoms with Gasteiger partial charge in [0.1, 0.15) is 0 Å². The molecule has 1 aromatic heterocycles. The Balaban J connectivity index is 1.47. The SMILES string of the molecule is O=S(=O)(C1CC1)N1CC[C@@]2(COCc3cnc(N4CCOCC4)nc32)C1. The molecule has 0 unspecified atom stereocenters. The van der Waals surface area contributed by atoms with Crippen LogP contribution in [-0.2, 0) is 31.5 Å². The molecule has 142 valence electrons. The maximum atomic E-state index is 12.7. The Morgan fingerprint density at radius 1 is 1.15 bits per heavy atom. The Labute approximate surface area is 153 Å². The number of aromatic nitrogens is 2. The molecule has 1 saturated carbocycles. The predicted octanol–water partition coefficient (Wildman–Crippen LogP) is 0.279. The summed E-state index contributed by atoms with van der Waals surface area (Å²) in [6.45, 7) is 4.97. The molecule has 3 aliphatic heterocycles. The van der Waals surface area contributed by atoms with Crippen molar-refractivity contribution in [1.29, 1.82) is 0 Å². The van der Waals surface area contributed by atoms with E-state index in [1.54, 1.807) is 4.31 Å². The predicted molar refractivity (Wildman–Crippen MR) is 94.5 cm³/mol. The zero-order chi connectivity index (χ0) is 17.8. The van der Waals surface area contributed by atoms with Crippen molar-refractivity contribution < 1.29 is 17.9 Å². The van der Waals surface area contributed by atoms with Crippen LogP contribution < -0.4 is 4.90 Å². The van der Waals surface area contributed by atoms with E-state index in [1.165, 1.54) is 0 Å². The lowest BCUT2D eigenvalue weighted by Crippen LogP contribution is -2.43. The molecule has 0 amide bonds. The van der Waals surface area contributed by atoms with E-state index in [1.807, 2.05) is 6.20 Å². The first-order chi connectivity index (χ1) is 12.6. The van der Waals surface area contributed by atoms with Gasteiger partial charge in [-0.3, -0.25) is 0 Å². The number of morpholine rings is 1. The van der Waals surface area contributed by atoms with Crippen molar-refractivity contribution in [2.75, 3.05) is 50.9 Å². The second-order valence-corrected chi connectivity index (χ2v) is 9.96. The number of nitrogens with zero attached hydrogens (tertiary/aromatic N) is 4. The fourth-order valence-corrected chi connectivity index (χ4v) is 6.17. The Morgan fingerprint density at radius 2 is 1.96 bits per heavy atom. The maximum Gasteiger partial charge on any atom is 0.225 e. The van der Waals surface area contributed by atoms with Crippen LogP contribution in [0.4, 0.5) is 5.95 Å². The van der Waals surface area contributed by atoms with Crippen LogP contribution in [0.3, 0.4) is 0 Å². The molecule has 4 heterocycles. The molecule has 1 aliphatic carbocycles. The van der Waals surface area contributed by atoms with Crippen LogP contribution in [0.25, 0.3) is 0 Å². The smallest absolute Gasteiger partial charge is 0.225 e. The topological polar surface area (TPSA) is 84.9 Å². The Kier molecular flexibility index (Phi) is 3.97. The summed E-state index contributed by atoms with van der Waals surface area (Å²) in [7, 11) is -3.17. The Morgan fingerprint density at radius 3 is 2.73 bits per heavy atom. The van der Waals surface area contributed by atoms with Crippen molar-refractivity contribution in [3.8, 4) is 0 Å². The zero-order valence-corrected chi connectivity index (χ0v) is 15.6. The van der Waals surface area contributed by atoms with Crippen LogP contribution in [0.1, 0.15) is 30.5 Å². The summed E-state index contributed by atoms with van der Waals surface area (Å²) in [6, 6.07) is 0. The third kappa shape index (κ3) is 2.72. The van der Waals surface area contributed by atoms with Gasteiger partial charge in [-0.15, -0.1) is 0 Å². The van der Waals surface area contributed by atoms with Crippen LogP contribution in [0, 0.1) is 0 Å². The largest absolute Gasteiger partial charge is 0.378 e. The van der Waals surface area contributed by atoms with Gasteiger partial charge in [0.05, 0.1) is 42.8 Å². The number of hydrogen-bond acceptors (Lipinski definition) is 7. The van der Waals surface area contributed by atoms with Gasteiger partial charge in [0.2, 0.25) is 16.0 Å². The fraction of sp³-hybridized carbons (Fsp3) is 0.765. The maximum absolute atomic E-state index is 12.7. The van der Waals surface area contributed by atoms with E-state index in [4.69, 9.17) is 14.5 Å². The van der Waals surface area contributed by atoms with Gasteiger partial charge in [-0.1, -0.05) is 0 Å². The second-order valence-electron chi connectivity index (χ2n) is 7.74. The molecule has 1 atom stereocenters. The number of hydrogen-bond donors (Lipinski definition) is 0. The van der Waals surface area contributed by atoms with Gasteiger partial charge < -0.3 is 14.4 Å². The van der Waals surface area contributed by atoms with Crippen LogP contribution in [0.15, 0.2) is 6.20 Å². The second kappa shape index (κ2) is 6.12. The summed E-state index contributed by atoms with van der Waals surface area (Å²) in [5.41, 5.74) is 1.62. The molecule has 3 fully saturated rings. The van der Waals surface area contributed by atoms with Crippen LogP contribution in [-0.4, -0.2) is 73.9 Å². The van der Waals surface area contributed by atoms with Gasteiger partial charge in [0.15, 0.2) is 0 Å². The van der Waals surface area contributed by atoms with Crippen molar-refractivity contribution >= 4 is 16.0 Å². The normalized spacial score (nSPS) is 29.9. The highest BCUT2D eigenvalue weighted by molar-refractivity contribution is 7.90. The minimum Gasteiger partial charge on any atom is -0.378 e. The van der Waals surface area contributed by atoms with Crippen molar-refractivity contribution in [3.05, 3.63) is 17.5 Å². The molecule has 1 aromatic rings. The molecule has 8 nitrogen and oxygen atoms in total. The highest BCUT2D eigenvalue weighted by Gasteiger charge is 2.51. The lowest BCUT2D eigenvalue weighted by Gasteiger charge is -2.35. The van der Waals surface area contributed by atoms with Gasteiger partial charge in [-0.05, 0) is 19.3 Å². The minimum absolute atomic E-state index is 0.170. The molecule has 4 aliphatic rings. The number of sulfonamides is 1. The van der Waals surface area contributed by atoms with Crippen LogP contribution in [0.5, 0.6) is 0 Å². The minimum atomic E-state index is -3.17. The fourth-order valence-electron chi connectivity index (χ4n) is 4.24. The van der Waals surface area contributed by atoms with Crippen LogP contribution >= 0.6 is 0 Å². The summed E-state index contributed by atoms with van der Waals surface area (Å²) in [6.07, 6.45) is 4.20. The number of ether oxygens (including phenoxy) is 2. The standard InChI is InChI=1S/C17H24N4O4S/c22-26(23,14-1-2-14)21-4-3-17(11-21)12-25-10-13-9-18-16(19-15(13)17)20-5-7-24-8-6-20/h9,14H,1-8,10-12H2/t17-/m0/s1. The average Bonchev–Trinajstić information content (AvgIpc) is 3.45. The van der Waals surface area contributed by atoms with Gasteiger partial charge in [0.25, 0.3) is 0 Å². The molecular weight excluding hydrogens is 356 g/mol. The average molecular weight is 380 g/mol. The van der Waals surface area contributed by atoms with E-state index in [9.17, 15) is 8.42 Å². The summed E-state index contributed by atoms with van der Waals surface area (Å²) in [5.74, 6) is 0.719. The van der Waals surface area contributed by atoms with Crippen LogP contribution in [0.2, 0.25) is 0 Å². The molecule has 5 rings (SSSR count). The zero-order valence-electron chi connectivity index (χ0n) is 14.8. The van der Waals surface area contributed by atoms with Gasteiger partial charge in [-0.25, -0.2) is 22.7 Å². The lowest BCUT2D eigenvalue weighted by molar-refractivity contribution is 0.0530. The van der Waals surface area contributed by atoms with E-state index in [0.29, 0.717) is 39.5 Å². The molecule has 9 heteroatoms. The first-order valence-corrected chi connectivity index (χ1v) is 10.8. The van der Waals surface area contributed by atoms with E-state index in [-0.39, 0.29) is 10.7 Å². The molecule has 2 saturated heterocycles. The van der Waals surface area contributed by atoms with Gasteiger partial charge in [0, 0.05) is 37.9 Å². The summed E-state index contributed by atoms with van der Waals surface area (Å²) in [5, 5.41) is -0.170. The number of anilines is 1. The lowest BCUT2D eigenvalue weighted by atomic mass is 9.81. The molecule has 1 spiro atoms.